The Hall–Kier alpha value is 1.31. The van der Waals surface area contributed by atoms with Crippen molar-refractivity contribution in [2.24, 2.45) is 0 Å². The molecule has 72 valence electrons. The van der Waals surface area contributed by atoms with E-state index in [4.69, 9.17) is 38.5 Å². The van der Waals surface area contributed by atoms with Crippen LogP contribution in [0.4, 0.5) is 0 Å². The number of phosphoric acid groups is 2. The molecule has 0 spiro atoms. The SMILES string of the molecule is O=P(O)(O)O.O=P([O-])([O-])[O-].[Al+3].[AsH3]. The molecule has 0 aromatic heterocycles. The molecule has 0 heterocycles. The van der Waals surface area contributed by atoms with Gasteiger partial charge in [-0.05, 0) is 0 Å². The Morgan fingerprint density at radius 3 is 0.917 bits per heavy atom. The molecule has 0 aliphatic rings. The third-order valence-corrected chi connectivity index (χ3v) is 0. The first-order valence-corrected chi connectivity index (χ1v) is 4.54. The van der Waals surface area contributed by atoms with Crippen LogP contribution in [-0.4, -0.2) is 50.0 Å². The molecule has 3 N–H and O–H groups in total. The van der Waals surface area contributed by atoms with Gasteiger partial charge in [0.1, 0.15) is 0 Å². The summed E-state index contributed by atoms with van der Waals surface area (Å²) in [5.74, 6) is 0. The first kappa shape index (κ1) is 23.3. The van der Waals surface area contributed by atoms with Crippen LogP contribution in [0.25, 0.3) is 0 Å². The van der Waals surface area contributed by atoms with Gasteiger partial charge in [-0.2, -0.15) is 7.82 Å². The van der Waals surface area contributed by atoms with Gasteiger partial charge in [-0.15, -0.1) is 0 Å². The molecular formula is H6AlAsO8P2. The summed E-state index contributed by atoms with van der Waals surface area (Å²) in [6, 6.07) is 0. The van der Waals surface area contributed by atoms with Crippen molar-refractivity contribution in [2.45, 2.75) is 0 Å². The average Bonchev–Trinajstić information content (AvgIpc) is 1.12. The summed E-state index contributed by atoms with van der Waals surface area (Å²) in [6.07, 6.45) is 0. The van der Waals surface area contributed by atoms with E-state index in [-0.39, 0.29) is 35.3 Å². The van der Waals surface area contributed by atoms with E-state index in [1.165, 1.54) is 0 Å². The van der Waals surface area contributed by atoms with Crippen molar-refractivity contribution < 1.29 is 38.5 Å². The minimum absolute atomic E-state index is 0. The minimum atomic E-state index is -5.39. The summed E-state index contributed by atoms with van der Waals surface area (Å²) in [5.41, 5.74) is 0. The molecule has 0 aliphatic heterocycles. The second-order valence-electron chi connectivity index (χ2n) is 0.960. The molecule has 0 fully saturated rings. The standard InChI is InChI=1S/Al.AsH3.2H3O4P/c;;2*1-5(2,3)4/h;1H3;2*(H3,1,2,3,4)/q+3;;;/p-3. The molecule has 8 nitrogen and oxygen atoms in total. The average molecular weight is 298 g/mol. The van der Waals surface area contributed by atoms with E-state index >= 15 is 0 Å². The van der Waals surface area contributed by atoms with Gasteiger partial charge in [-0.1, -0.05) is 0 Å². The summed E-state index contributed by atoms with van der Waals surface area (Å²) in [5, 5.41) is 0. The van der Waals surface area contributed by atoms with Crippen LogP contribution < -0.4 is 14.7 Å². The van der Waals surface area contributed by atoms with Crippen LogP contribution in [-0.2, 0) is 9.13 Å². The molecule has 0 aromatic carbocycles. The van der Waals surface area contributed by atoms with Crippen LogP contribution in [0.15, 0.2) is 0 Å². The van der Waals surface area contributed by atoms with Gasteiger partial charge in [0, 0.05) is 0 Å². The fourth-order valence-electron chi connectivity index (χ4n) is 0. The van der Waals surface area contributed by atoms with E-state index in [0.29, 0.717) is 0 Å². The summed E-state index contributed by atoms with van der Waals surface area (Å²) in [6.45, 7) is 0. The second-order valence-corrected chi connectivity index (χ2v) is 2.88. The molecule has 12 heavy (non-hydrogen) atoms. The van der Waals surface area contributed by atoms with Gasteiger partial charge in [-0.3, -0.25) is 0 Å². The first-order chi connectivity index (χ1) is 4.00. The summed E-state index contributed by atoms with van der Waals surface area (Å²) in [4.78, 5) is 47.2. The van der Waals surface area contributed by atoms with Crippen molar-refractivity contribution in [1.29, 1.82) is 0 Å². The van der Waals surface area contributed by atoms with Crippen LogP contribution in [0.3, 0.4) is 0 Å². The van der Waals surface area contributed by atoms with E-state index in [1.54, 1.807) is 0 Å². The van der Waals surface area contributed by atoms with Crippen LogP contribution >= 0.6 is 15.6 Å². The number of hydrogen-bond donors (Lipinski definition) is 3. The van der Waals surface area contributed by atoms with Crippen molar-refractivity contribution in [3.63, 3.8) is 0 Å². The molecule has 0 saturated heterocycles. The van der Waals surface area contributed by atoms with E-state index < -0.39 is 15.6 Å². The fraction of sp³-hybridized carbons (Fsp3) is 0. The van der Waals surface area contributed by atoms with E-state index in [2.05, 4.69) is 0 Å². The summed E-state index contributed by atoms with van der Waals surface area (Å²) >= 11 is 0. The maximum absolute atomic E-state index is 8.88. The number of rotatable bonds is 0. The van der Waals surface area contributed by atoms with Gasteiger partial charge < -0.3 is 33.9 Å². The van der Waals surface area contributed by atoms with Crippen LogP contribution in [0.1, 0.15) is 0 Å². The molecule has 0 rings (SSSR count). The van der Waals surface area contributed by atoms with Gasteiger partial charge in [0.25, 0.3) is 0 Å². The molecule has 0 aliphatic carbocycles. The van der Waals surface area contributed by atoms with E-state index in [9.17, 15) is 0 Å². The molecule has 12 heteroatoms. The predicted molar refractivity (Wildman–Crippen MR) is 37.6 cm³/mol. The van der Waals surface area contributed by atoms with E-state index in [1.807, 2.05) is 0 Å². The third-order valence-electron chi connectivity index (χ3n) is 0. The zero-order valence-electron chi connectivity index (χ0n) is 5.56. The normalized spacial score (nSPS) is 9.83. The zero-order chi connectivity index (χ0) is 9.00. The third kappa shape index (κ3) is 700. The molecule has 0 radical (unpaired) electrons. The van der Waals surface area contributed by atoms with Crippen LogP contribution in [0.2, 0.25) is 0 Å². The van der Waals surface area contributed by atoms with Gasteiger partial charge in [0.15, 0.2) is 0 Å². The summed E-state index contributed by atoms with van der Waals surface area (Å²) < 4.78 is 17.4. The molecular weight excluding hydrogens is 292 g/mol. The first-order valence-electron chi connectivity index (χ1n) is 1.51. The van der Waals surface area contributed by atoms with Crippen molar-refractivity contribution >= 4 is 51.0 Å². The van der Waals surface area contributed by atoms with Gasteiger partial charge in [-0.25, -0.2) is 4.57 Å². The topological polar surface area (TPSA) is 164 Å². The monoisotopic (exact) mass is 298 g/mol. The van der Waals surface area contributed by atoms with Crippen molar-refractivity contribution in [1.82, 2.24) is 0 Å². The van der Waals surface area contributed by atoms with Crippen LogP contribution in [0, 0.1) is 0 Å². The Morgan fingerprint density at radius 1 is 0.917 bits per heavy atom. The van der Waals surface area contributed by atoms with Gasteiger partial charge in [0.2, 0.25) is 0 Å². The van der Waals surface area contributed by atoms with Crippen LogP contribution in [0.5, 0.6) is 0 Å². The molecule has 1 unspecified atom stereocenters. The molecule has 0 saturated carbocycles. The van der Waals surface area contributed by atoms with E-state index in [0.717, 1.165) is 0 Å². The molecule has 0 aromatic rings. The molecule has 0 amide bonds. The predicted octanol–water partition coefficient (Wildman–Crippen LogP) is -5.32. The second kappa shape index (κ2) is 8.89. The quantitative estimate of drug-likeness (QED) is 0.294. The Labute approximate surface area is 89.6 Å². The Morgan fingerprint density at radius 2 is 0.917 bits per heavy atom. The van der Waals surface area contributed by atoms with Crippen molar-refractivity contribution in [2.75, 3.05) is 0 Å². The van der Waals surface area contributed by atoms with Crippen molar-refractivity contribution in [3.8, 4) is 0 Å². The summed E-state index contributed by atoms with van der Waals surface area (Å²) in [7, 11) is -10.0. The zero-order valence-corrected chi connectivity index (χ0v) is 11.5. The van der Waals surface area contributed by atoms with Crippen molar-refractivity contribution in [3.05, 3.63) is 0 Å². The molecule has 0 bridgehead atoms. The molecule has 1 atom stereocenters. The van der Waals surface area contributed by atoms with Gasteiger partial charge >= 0.3 is 43.1 Å². The maximum atomic E-state index is 8.88. The van der Waals surface area contributed by atoms with Gasteiger partial charge in [0.05, 0.1) is 0 Å². The fourth-order valence-corrected chi connectivity index (χ4v) is 0. The Bertz CT molecular complexity index is 129. The number of hydrogen-bond acceptors (Lipinski definition) is 5. The Kier molecular flexibility index (Phi) is 17.2. The Balaban J connectivity index is -0.0000000457.